The molecule has 1 aliphatic rings. The number of carbonyl (C=O) groups is 2. The molecule has 1 atom stereocenters. The summed E-state index contributed by atoms with van der Waals surface area (Å²) in [6.07, 6.45) is 0.0402. The maximum atomic E-state index is 12.7. The van der Waals surface area contributed by atoms with Crippen molar-refractivity contribution in [2.75, 3.05) is 16.6 Å². The van der Waals surface area contributed by atoms with Gasteiger partial charge in [0.1, 0.15) is 5.75 Å². The molecule has 0 saturated heterocycles. The first-order valence-corrected chi connectivity index (χ1v) is 10.2. The second-order valence-electron chi connectivity index (χ2n) is 6.23. The van der Waals surface area contributed by atoms with Crippen LogP contribution in [0.3, 0.4) is 0 Å². The molecule has 28 heavy (non-hydrogen) atoms. The van der Waals surface area contributed by atoms with E-state index in [0.29, 0.717) is 12.2 Å². The van der Waals surface area contributed by atoms with Gasteiger partial charge < -0.3 is 14.8 Å². The molecule has 8 nitrogen and oxygen atoms in total. The Kier molecular flexibility index (Phi) is 5.55. The van der Waals surface area contributed by atoms with Crippen molar-refractivity contribution in [3.05, 3.63) is 48.0 Å². The van der Waals surface area contributed by atoms with E-state index in [0.717, 1.165) is 0 Å². The van der Waals surface area contributed by atoms with Gasteiger partial charge in [0.05, 0.1) is 22.8 Å². The molecule has 1 unspecified atom stereocenters. The van der Waals surface area contributed by atoms with Gasteiger partial charge in [-0.25, -0.2) is 13.2 Å². The van der Waals surface area contributed by atoms with Crippen LogP contribution in [0.5, 0.6) is 5.75 Å². The third-order valence-corrected chi connectivity index (χ3v) is 5.36. The standard InChI is InChI=1S/C19H20N2O6S/c1-3-9-26-19(23)13-5-4-6-14(10-13)21-28(24,25)15-7-8-17-16(11-15)20-18(22)12(2)27-17/h4-8,10-12,21H,3,9H2,1-2H3,(H,20,22). The summed E-state index contributed by atoms with van der Waals surface area (Å²) in [7, 11) is -3.95. The van der Waals surface area contributed by atoms with Gasteiger partial charge in [0, 0.05) is 5.69 Å². The van der Waals surface area contributed by atoms with Crippen LogP contribution in [-0.4, -0.2) is 33.0 Å². The average molecular weight is 404 g/mol. The van der Waals surface area contributed by atoms with E-state index >= 15 is 0 Å². The Bertz CT molecular complexity index is 1020. The molecule has 148 valence electrons. The van der Waals surface area contributed by atoms with Crippen molar-refractivity contribution in [2.24, 2.45) is 0 Å². The van der Waals surface area contributed by atoms with Crippen LogP contribution < -0.4 is 14.8 Å². The molecular weight excluding hydrogens is 384 g/mol. The average Bonchev–Trinajstić information content (AvgIpc) is 2.66. The van der Waals surface area contributed by atoms with Gasteiger partial charge in [-0.1, -0.05) is 13.0 Å². The predicted octanol–water partition coefficient (Wildman–Crippen LogP) is 2.77. The number of carbonyl (C=O) groups excluding carboxylic acids is 2. The van der Waals surface area contributed by atoms with E-state index < -0.39 is 22.1 Å². The lowest BCUT2D eigenvalue weighted by Gasteiger charge is -2.23. The number of ether oxygens (including phenoxy) is 2. The van der Waals surface area contributed by atoms with Crippen molar-refractivity contribution >= 4 is 33.3 Å². The molecule has 2 N–H and O–H groups in total. The lowest BCUT2D eigenvalue weighted by atomic mass is 10.2. The number of esters is 1. The van der Waals surface area contributed by atoms with Crippen molar-refractivity contribution in [2.45, 2.75) is 31.3 Å². The van der Waals surface area contributed by atoms with Crippen LogP contribution in [0.25, 0.3) is 0 Å². The van der Waals surface area contributed by atoms with Crippen LogP contribution in [-0.2, 0) is 19.6 Å². The number of rotatable bonds is 6. The molecule has 2 aromatic rings. The minimum Gasteiger partial charge on any atom is -0.479 e. The normalized spacial score (nSPS) is 15.8. The fourth-order valence-electron chi connectivity index (χ4n) is 2.56. The number of benzene rings is 2. The Morgan fingerprint density at radius 1 is 1.25 bits per heavy atom. The zero-order chi connectivity index (χ0) is 20.3. The monoisotopic (exact) mass is 404 g/mol. The molecule has 9 heteroatoms. The fourth-order valence-corrected chi connectivity index (χ4v) is 3.63. The number of anilines is 2. The van der Waals surface area contributed by atoms with Gasteiger partial charge in [-0.2, -0.15) is 0 Å². The largest absolute Gasteiger partial charge is 0.479 e. The molecule has 0 saturated carbocycles. The van der Waals surface area contributed by atoms with Gasteiger partial charge in [0.2, 0.25) is 0 Å². The number of amides is 1. The second kappa shape index (κ2) is 7.89. The third-order valence-electron chi connectivity index (χ3n) is 3.98. The van der Waals surface area contributed by atoms with Crippen molar-refractivity contribution in [1.29, 1.82) is 0 Å². The van der Waals surface area contributed by atoms with E-state index in [1.165, 1.54) is 30.3 Å². The molecule has 1 amide bonds. The number of hydrogen-bond acceptors (Lipinski definition) is 6. The molecule has 0 aromatic heterocycles. The third kappa shape index (κ3) is 4.25. The highest BCUT2D eigenvalue weighted by atomic mass is 32.2. The second-order valence-corrected chi connectivity index (χ2v) is 7.91. The van der Waals surface area contributed by atoms with Gasteiger partial charge in [-0.15, -0.1) is 0 Å². The molecule has 0 radical (unpaired) electrons. The van der Waals surface area contributed by atoms with Crippen molar-refractivity contribution in [3.63, 3.8) is 0 Å². The van der Waals surface area contributed by atoms with Crippen LogP contribution in [0.15, 0.2) is 47.4 Å². The van der Waals surface area contributed by atoms with E-state index in [-0.39, 0.29) is 34.3 Å². The van der Waals surface area contributed by atoms with Crippen molar-refractivity contribution < 1.29 is 27.5 Å². The zero-order valence-corrected chi connectivity index (χ0v) is 16.2. The van der Waals surface area contributed by atoms with Gasteiger partial charge in [0.15, 0.2) is 6.10 Å². The first-order chi connectivity index (χ1) is 13.3. The lowest BCUT2D eigenvalue weighted by Crippen LogP contribution is -2.34. The summed E-state index contributed by atoms with van der Waals surface area (Å²) in [6.45, 7) is 3.77. The van der Waals surface area contributed by atoms with Crippen LogP contribution in [0.2, 0.25) is 0 Å². The van der Waals surface area contributed by atoms with E-state index in [1.54, 1.807) is 19.1 Å². The maximum absolute atomic E-state index is 12.7. The summed E-state index contributed by atoms with van der Waals surface area (Å²) in [5.74, 6) is -0.481. The Hall–Kier alpha value is -3.07. The van der Waals surface area contributed by atoms with Crippen LogP contribution in [0.1, 0.15) is 30.6 Å². The Morgan fingerprint density at radius 2 is 2.04 bits per heavy atom. The highest BCUT2D eigenvalue weighted by Gasteiger charge is 2.25. The number of sulfonamides is 1. The van der Waals surface area contributed by atoms with Gasteiger partial charge in [-0.05, 0) is 49.7 Å². The fraction of sp³-hybridized carbons (Fsp3) is 0.263. The van der Waals surface area contributed by atoms with Gasteiger partial charge >= 0.3 is 5.97 Å². The molecule has 0 spiro atoms. The van der Waals surface area contributed by atoms with Gasteiger partial charge in [0.25, 0.3) is 15.9 Å². The predicted molar refractivity (Wildman–Crippen MR) is 103 cm³/mol. The number of fused-ring (bicyclic) bond motifs is 1. The molecule has 1 heterocycles. The summed E-state index contributed by atoms with van der Waals surface area (Å²) in [5.41, 5.74) is 0.745. The molecule has 1 aliphatic heterocycles. The first kappa shape index (κ1) is 19.7. The summed E-state index contributed by atoms with van der Waals surface area (Å²) in [6, 6.07) is 10.2. The molecule has 0 aliphatic carbocycles. The van der Waals surface area contributed by atoms with Crippen molar-refractivity contribution in [1.82, 2.24) is 0 Å². The highest BCUT2D eigenvalue weighted by molar-refractivity contribution is 7.92. The van der Waals surface area contributed by atoms with E-state index in [1.807, 2.05) is 6.92 Å². The summed E-state index contributed by atoms with van der Waals surface area (Å²) < 4.78 is 38.3. The minimum absolute atomic E-state index is 0.0522. The van der Waals surface area contributed by atoms with E-state index in [2.05, 4.69) is 10.0 Å². The van der Waals surface area contributed by atoms with Crippen LogP contribution in [0, 0.1) is 0 Å². The lowest BCUT2D eigenvalue weighted by molar-refractivity contribution is -0.122. The first-order valence-electron chi connectivity index (χ1n) is 8.71. The topological polar surface area (TPSA) is 111 Å². The van der Waals surface area contributed by atoms with E-state index in [4.69, 9.17) is 9.47 Å². The molecule has 0 fully saturated rings. The highest BCUT2D eigenvalue weighted by Crippen LogP contribution is 2.32. The minimum atomic E-state index is -3.95. The quantitative estimate of drug-likeness (QED) is 0.716. The SMILES string of the molecule is CCCOC(=O)c1cccc(NS(=O)(=O)c2ccc3c(c2)NC(=O)C(C)O3)c1. The summed E-state index contributed by atoms with van der Waals surface area (Å²) in [4.78, 5) is 23.6. The Labute approximate surface area is 162 Å². The van der Waals surface area contributed by atoms with Crippen LogP contribution >= 0.6 is 0 Å². The summed E-state index contributed by atoms with van der Waals surface area (Å²) >= 11 is 0. The Balaban J connectivity index is 1.82. The zero-order valence-electron chi connectivity index (χ0n) is 15.4. The maximum Gasteiger partial charge on any atom is 0.338 e. The molecule has 3 rings (SSSR count). The van der Waals surface area contributed by atoms with Crippen molar-refractivity contribution in [3.8, 4) is 5.75 Å². The molecule has 0 bridgehead atoms. The number of hydrogen-bond donors (Lipinski definition) is 2. The molecule has 2 aromatic carbocycles. The number of nitrogens with one attached hydrogen (secondary N) is 2. The van der Waals surface area contributed by atoms with Gasteiger partial charge in [-0.3, -0.25) is 9.52 Å². The molecular formula is C19H20N2O6S. The Morgan fingerprint density at radius 3 is 2.79 bits per heavy atom. The van der Waals surface area contributed by atoms with Crippen LogP contribution in [0.4, 0.5) is 11.4 Å². The van der Waals surface area contributed by atoms with E-state index in [9.17, 15) is 18.0 Å². The summed E-state index contributed by atoms with van der Waals surface area (Å²) in [5, 5.41) is 2.61. The smallest absolute Gasteiger partial charge is 0.338 e.